The molecule has 1 atom stereocenters. The van der Waals surface area contributed by atoms with E-state index in [-0.39, 0.29) is 6.54 Å². The summed E-state index contributed by atoms with van der Waals surface area (Å²) in [7, 11) is 0. The van der Waals surface area contributed by atoms with E-state index in [4.69, 9.17) is 5.11 Å². The first kappa shape index (κ1) is 17.3. The van der Waals surface area contributed by atoms with Gasteiger partial charge in [-0.3, -0.25) is 14.5 Å². The monoisotopic (exact) mass is 412 g/mol. The van der Waals surface area contributed by atoms with Gasteiger partial charge < -0.3 is 14.8 Å². The maximum Gasteiger partial charge on any atom is 0.325 e. The summed E-state index contributed by atoms with van der Waals surface area (Å²) in [6.07, 6.45) is 1.67. The number of thioether (sulfide) groups is 1. The van der Waals surface area contributed by atoms with Gasteiger partial charge in [0.05, 0.1) is 5.52 Å². The Balaban J connectivity index is 2.12. The van der Waals surface area contributed by atoms with Gasteiger partial charge in [-0.05, 0) is 12.1 Å². The van der Waals surface area contributed by atoms with Crippen LogP contribution in [-0.4, -0.2) is 56.2 Å². The summed E-state index contributed by atoms with van der Waals surface area (Å²) in [6.45, 7) is 1.22. The van der Waals surface area contributed by atoms with Crippen molar-refractivity contribution in [2.24, 2.45) is 0 Å². The van der Waals surface area contributed by atoms with E-state index in [2.05, 4.69) is 15.9 Å². The summed E-state index contributed by atoms with van der Waals surface area (Å²) >= 11 is 5.21. The molecule has 0 saturated carbocycles. The van der Waals surface area contributed by atoms with Crippen molar-refractivity contribution in [2.75, 3.05) is 24.6 Å². The van der Waals surface area contributed by atoms with Crippen LogP contribution in [0.2, 0.25) is 0 Å². The normalized spacial score (nSPS) is 17.0. The second-order valence-corrected chi connectivity index (χ2v) is 7.80. The highest BCUT2D eigenvalue weighted by Gasteiger charge is 2.31. The molecule has 6 nitrogen and oxygen atoms in total. The first-order valence-electron chi connectivity index (χ1n) is 7.52. The van der Waals surface area contributed by atoms with Gasteiger partial charge in [0.25, 0.3) is 0 Å². The fraction of sp³-hybridized carbons (Fsp3) is 0.375. The minimum absolute atomic E-state index is 0.199. The summed E-state index contributed by atoms with van der Waals surface area (Å²) < 4.78 is 2.43. The van der Waals surface area contributed by atoms with Gasteiger partial charge in [0, 0.05) is 46.2 Å². The molecule has 0 unspecified atom stereocenters. The van der Waals surface area contributed by atoms with Crippen molar-refractivity contribution in [1.82, 2.24) is 9.47 Å². The Morgan fingerprint density at radius 2 is 1.96 bits per heavy atom. The number of halogens is 1. The Kier molecular flexibility index (Phi) is 5.17. The molecule has 128 valence electrons. The van der Waals surface area contributed by atoms with Crippen LogP contribution in [0, 0.1) is 0 Å². The third kappa shape index (κ3) is 3.45. The maximum absolute atomic E-state index is 12.0. The number of rotatable bonds is 5. The Bertz CT molecular complexity index is 786. The molecule has 1 fully saturated rings. The zero-order chi connectivity index (χ0) is 17.3. The number of benzene rings is 1. The van der Waals surface area contributed by atoms with E-state index in [1.807, 2.05) is 34.9 Å². The molecule has 1 aromatic carbocycles. The molecule has 1 aliphatic rings. The molecule has 2 N–H and O–H groups in total. The summed E-state index contributed by atoms with van der Waals surface area (Å²) in [4.78, 5) is 25.1. The van der Waals surface area contributed by atoms with E-state index in [9.17, 15) is 14.7 Å². The number of carboxylic acid groups (broad SMARTS) is 2. The highest BCUT2D eigenvalue weighted by Crippen LogP contribution is 2.33. The molecule has 0 bridgehead atoms. The second kappa shape index (κ2) is 7.16. The van der Waals surface area contributed by atoms with Crippen molar-refractivity contribution < 1.29 is 19.8 Å². The summed E-state index contributed by atoms with van der Waals surface area (Å²) in [5.74, 6) is -0.0505. The lowest BCUT2D eigenvalue weighted by atomic mass is 10.0. The lowest BCUT2D eigenvalue weighted by Crippen LogP contribution is -2.39. The predicted octanol–water partition coefficient (Wildman–Crippen LogP) is 2.66. The molecular formula is C16H17BrN2O4S. The highest BCUT2D eigenvalue weighted by molar-refractivity contribution is 9.10. The van der Waals surface area contributed by atoms with E-state index >= 15 is 0 Å². The van der Waals surface area contributed by atoms with E-state index in [0.29, 0.717) is 18.7 Å². The Labute approximate surface area is 151 Å². The van der Waals surface area contributed by atoms with Crippen LogP contribution in [0.1, 0.15) is 11.6 Å². The van der Waals surface area contributed by atoms with Crippen LogP contribution >= 0.6 is 27.7 Å². The number of hydrogen-bond donors (Lipinski definition) is 2. The molecule has 2 heterocycles. The fourth-order valence-corrected chi connectivity index (χ4v) is 4.39. The SMILES string of the molecule is O=C(O)Cn1cc([C@H](C(=O)O)N2CCSCC2)c2ccc(Br)cc21. The van der Waals surface area contributed by atoms with Gasteiger partial charge in [-0.2, -0.15) is 11.8 Å². The number of carbonyl (C=O) groups is 2. The van der Waals surface area contributed by atoms with E-state index < -0.39 is 18.0 Å². The average molecular weight is 413 g/mol. The molecule has 1 saturated heterocycles. The van der Waals surface area contributed by atoms with Crippen LogP contribution in [0.3, 0.4) is 0 Å². The van der Waals surface area contributed by atoms with Crippen LogP contribution in [0.25, 0.3) is 10.9 Å². The number of hydrogen-bond acceptors (Lipinski definition) is 4. The quantitative estimate of drug-likeness (QED) is 0.785. The van der Waals surface area contributed by atoms with E-state index in [1.54, 1.807) is 10.8 Å². The average Bonchev–Trinajstić information content (AvgIpc) is 2.85. The molecular weight excluding hydrogens is 396 g/mol. The lowest BCUT2D eigenvalue weighted by molar-refractivity contribution is -0.143. The maximum atomic E-state index is 12.0. The van der Waals surface area contributed by atoms with Gasteiger partial charge >= 0.3 is 11.9 Å². The van der Waals surface area contributed by atoms with Crippen molar-refractivity contribution in [2.45, 2.75) is 12.6 Å². The van der Waals surface area contributed by atoms with E-state index in [1.165, 1.54) is 0 Å². The molecule has 1 aliphatic heterocycles. The fourth-order valence-electron chi connectivity index (χ4n) is 3.11. The van der Waals surface area contributed by atoms with Crippen LogP contribution in [-0.2, 0) is 16.1 Å². The number of fused-ring (bicyclic) bond motifs is 1. The van der Waals surface area contributed by atoms with Gasteiger partial charge in [0.15, 0.2) is 0 Å². The largest absolute Gasteiger partial charge is 0.480 e. The molecule has 0 spiro atoms. The summed E-state index contributed by atoms with van der Waals surface area (Å²) in [5.41, 5.74) is 1.37. The third-order valence-electron chi connectivity index (χ3n) is 4.12. The number of aliphatic carboxylic acids is 2. The Morgan fingerprint density at radius 3 is 2.58 bits per heavy atom. The summed E-state index contributed by atoms with van der Waals surface area (Å²) in [6, 6.07) is 4.76. The molecule has 8 heteroatoms. The minimum Gasteiger partial charge on any atom is -0.480 e. The van der Waals surface area contributed by atoms with Crippen LogP contribution < -0.4 is 0 Å². The summed E-state index contributed by atoms with van der Waals surface area (Å²) in [5, 5.41) is 19.7. The van der Waals surface area contributed by atoms with Gasteiger partial charge in [0.2, 0.25) is 0 Å². The number of aromatic nitrogens is 1. The van der Waals surface area contributed by atoms with E-state index in [0.717, 1.165) is 26.9 Å². The zero-order valence-electron chi connectivity index (χ0n) is 12.8. The van der Waals surface area contributed by atoms with Crippen LogP contribution in [0.15, 0.2) is 28.9 Å². The first-order valence-corrected chi connectivity index (χ1v) is 9.47. The standard InChI is InChI=1S/C16H17BrN2O4S/c17-10-1-2-11-12(8-19(9-14(20)21)13(11)7-10)15(16(22)23)18-3-5-24-6-4-18/h1-2,7-8,15H,3-6,9H2,(H,20,21)(H,22,23)/t15-/m1/s1. The van der Waals surface area contributed by atoms with Crippen molar-refractivity contribution >= 4 is 50.5 Å². The van der Waals surface area contributed by atoms with Gasteiger partial charge in [-0.15, -0.1) is 0 Å². The molecule has 0 aliphatic carbocycles. The topological polar surface area (TPSA) is 82.8 Å². The zero-order valence-corrected chi connectivity index (χ0v) is 15.2. The first-order chi connectivity index (χ1) is 11.5. The molecule has 0 radical (unpaired) electrons. The third-order valence-corrected chi connectivity index (χ3v) is 5.56. The lowest BCUT2D eigenvalue weighted by Gasteiger charge is -2.31. The van der Waals surface area contributed by atoms with Gasteiger partial charge in [0.1, 0.15) is 12.6 Å². The molecule has 0 amide bonds. The minimum atomic E-state index is -0.959. The van der Waals surface area contributed by atoms with Crippen LogP contribution in [0.5, 0.6) is 0 Å². The Morgan fingerprint density at radius 1 is 1.25 bits per heavy atom. The molecule has 3 rings (SSSR count). The van der Waals surface area contributed by atoms with Crippen molar-refractivity contribution in [1.29, 1.82) is 0 Å². The smallest absolute Gasteiger partial charge is 0.325 e. The second-order valence-electron chi connectivity index (χ2n) is 5.66. The van der Waals surface area contributed by atoms with Gasteiger partial charge in [-0.1, -0.05) is 22.0 Å². The van der Waals surface area contributed by atoms with Crippen molar-refractivity contribution in [3.8, 4) is 0 Å². The van der Waals surface area contributed by atoms with Crippen LogP contribution in [0.4, 0.5) is 0 Å². The molecule has 1 aromatic heterocycles. The van der Waals surface area contributed by atoms with Crippen molar-refractivity contribution in [3.63, 3.8) is 0 Å². The molecule has 24 heavy (non-hydrogen) atoms. The Hall–Kier alpha value is -1.51. The predicted molar refractivity (Wildman–Crippen MR) is 96.5 cm³/mol. The number of nitrogens with zero attached hydrogens (tertiary/aromatic N) is 2. The number of carboxylic acids is 2. The molecule has 2 aromatic rings. The van der Waals surface area contributed by atoms with Gasteiger partial charge in [-0.25, -0.2) is 0 Å². The highest BCUT2D eigenvalue weighted by atomic mass is 79.9. The van der Waals surface area contributed by atoms with Crippen molar-refractivity contribution in [3.05, 3.63) is 34.4 Å².